The second-order valence-electron chi connectivity index (χ2n) is 8.05. The highest BCUT2D eigenvalue weighted by Gasteiger charge is 2.48. The Bertz CT molecular complexity index is 1160. The lowest BCUT2D eigenvalue weighted by atomic mass is 9.97. The molecule has 2 aromatic carbocycles. The van der Waals surface area contributed by atoms with Gasteiger partial charge in [0, 0.05) is 18.7 Å². The van der Waals surface area contributed by atoms with Crippen LogP contribution in [0.4, 0.5) is 24.7 Å². The van der Waals surface area contributed by atoms with E-state index < -0.39 is 24.2 Å². The van der Waals surface area contributed by atoms with Crippen molar-refractivity contribution in [2.45, 2.75) is 37.5 Å². The van der Waals surface area contributed by atoms with E-state index in [1.54, 1.807) is 29.2 Å². The molecule has 2 aliphatic heterocycles. The summed E-state index contributed by atoms with van der Waals surface area (Å²) in [6.07, 6.45) is -3.08. The van der Waals surface area contributed by atoms with Gasteiger partial charge < -0.3 is 10.2 Å². The summed E-state index contributed by atoms with van der Waals surface area (Å²) in [5.74, 6) is -0.244. The number of carbonyl (C=O) groups is 1. The quantitative estimate of drug-likeness (QED) is 0.472. The Morgan fingerprint density at radius 2 is 1.81 bits per heavy atom. The minimum Gasteiger partial charge on any atom is -0.362 e. The van der Waals surface area contributed by atoms with Crippen LogP contribution in [0.15, 0.2) is 59.1 Å². The number of fused-ring (bicyclic) bond motifs is 2. The number of anilines is 2. The minimum absolute atomic E-state index is 0.0211. The van der Waals surface area contributed by atoms with Gasteiger partial charge in [0.1, 0.15) is 5.82 Å². The summed E-state index contributed by atoms with van der Waals surface area (Å²) in [7, 11) is 0. The summed E-state index contributed by atoms with van der Waals surface area (Å²) in [6.45, 7) is 0.493. The molecule has 0 saturated carbocycles. The van der Waals surface area contributed by atoms with E-state index in [1.807, 2.05) is 30.3 Å². The monoisotopic (exact) mass is 504 g/mol. The Labute approximate surface area is 191 Å². The van der Waals surface area contributed by atoms with Crippen LogP contribution in [0.2, 0.25) is 0 Å². The molecule has 1 aromatic heterocycles. The molecule has 1 amide bonds. The highest BCUT2D eigenvalue weighted by atomic mass is 79.9. The predicted molar refractivity (Wildman–Crippen MR) is 119 cm³/mol. The number of aryl methyl sites for hydroxylation is 1. The van der Waals surface area contributed by atoms with Crippen LogP contribution in [0.1, 0.15) is 46.5 Å². The van der Waals surface area contributed by atoms with Crippen molar-refractivity contribution in [2.24, 2.45) is 0 Å². The molecular weight excluding hydrogens is 485 g/mol. The van der Waals surface area contributed by atoms with Crippen LogP contribution in [-0.2, 0) is 6.42 Å². The van der Waals surface area contributed by atoms with Gasteiger partial charge in [-0.15, -0.1) is 0 Å². The van der Waals surface area contributed by atoms with Crippen molar-refractivity contribution < 1.29 is 18.0 Å². The van der Waals surface area contributed by atoms with Gasteiger partial charge >= 0.3 is 6.18 Å². The van der Waals surface area contributed by atoms with Crippen LogP contribution in [-0.4, -0.2) is 28.4 Å². The van der Waals surface area contributed by atoms with E-state index in [0.717, 1.165) is 34.3 Å². The number of rotatable bonds is 2. The Hall–Kier alpha value is -2.81. The van der Waals surface area contributed by atoms with Crippen molar-refractivity contribution >= 4 is 33.3 Å². The maximum Gasteiger partial charge on any atom is 0.410 e. The summed E-state index contributed by atoms with van der Waals surface area (Å²) in [6, 6.07) is 14.2. The van der Waals surface area contributed by atoms with Crippen molar-refractivity contribution in [2.75, 3.05) is 16.8 Å². The van der Waals surface area contributed by atoms with E-state index in [0.29, 0.717) is 6.54 Å². The molecule has 0 bridgehead atoms. The lowest BCUT2D eigenvalue weighted by molar-refractivity contribution is -0.173. The summed E-state index contributed by atoms with van der Waals surface area (Å²) in [5.41, 5.74) is 2.55. The molecule has 1 N–H and O–H groups in total. The first kappa shape index (κ1) is 21.1. The van der Waals surface area contributed by atoms with Gasteiger partial charge in [0.15, 0.2) is 11.7 Å². The molecule has 0 aliphatic carbocycles. The smallest absolute Gasteiger partial charge is 0.362 e. The Balaban J connectivity index is 1.55. The molecule has 0 spiro atoms. The molecule has 0 saturated heterocycles. The van der Waals surface area contributed by atoms with Crippen LogP contribution in [0.25, 0.3) is 0 Å². The first-order chi connectivity index (χ1) is 15.3. The van der Waals surface area contributed by atoms with Gasteiger partial charge in [-0.05, 0) is 46.0 Å². The average molecular weight is 505 g/mol. The number of nitrogens with one attached hydrogen (secondary N) is 1. The fourth-order valence-electron chi connectivity index (χ4n) is 4.50. The summed E-state index contributed by atoms with van der Waals surface area (Å²) >= 11 is 3.38. The zero-order chi connectivity index (χ0) is 22.5. The van der Waals surface area contributed by atoms with Gasteiger partial charge in [-0.3, -0.25) is 4.79 Å². The van der Waals surface area contributed by atoms with Crippen LogP contribution in [0.3, 0.4) is 0 Å². The number of halogens is 4. The molecule has 3 aromatic rings. The van der Waals surface area contributed by atoms with Gasteiger partial charge in [-0.2, -0.15) is 18.3 Å². The number of benzene rings is 2. The number of para-hydroxylation sites is 1. The maximum atomic E-state index is 14.0. The molecule has 2 aliphatic rings. The van der Waals surface area contributed by atoms with E-state index in [9.17, 15) is 18.0 Å². The number of carbonyl (C=O) groups excluding carboxylic acids is 1. The van der Waals surface area contributed by atoms with Crippen molar-refractivity contribution in [3.63, 3.8) is 0 Å². The molecule has 3 heterocycles. The van der Waals surface area contributed by atoms with Crippen LogP contribution >= 0.6 is 15.9 Å². The summed E-state index contributed by atoms with van der Waals surface area (Å²) in [4.78, 5) is 15.0. The molecule has 5 rings (SSSR count). The van der Waals surface area contributed by atoms with E-state index in [-0.39, 0.29) is 22.4 Å². The van der Waals surface area contributed by atoms with Crippen molar-refractivity contribution in [1.29, 1.82) is 0 Å². The summed E-state index contributed by atoms with van der Waals surface area (Å²) < 4.78 is 43.2. The molecule has 9 heteroatoms. The zero-order valence-corrected chi connectivity index (χ0v) is 18.5. The normalized spacial score (nSPS) is 20.3. The molecule has 5 nitrogen and oxygen atoms in total. The van der Waals surface area contributed by atoms with E-state index in [1.165, 1.54) is 0 Å². The maximum absolute atomic E-state index is 14.0. The zero-order valence-electron chi connectivity index (χ0n) is 16.9. The summed E-state index contributed by atoms with van der Waals surface area (Å²) in [5, 5.41) is 7.33. The first-order valence-corrected chi connectivity index (χ1v) is 11.2. The van der Waals surface area contributed by atoms with Crippen molar-refractivity contribution in [3.05, 3.63) is 75.9 Å². The number of amides is 1. The third-order valence-corrected chi connectivity index (χ3v) is 6.81. The van der Waals surface area contributed by atoms with E-state index >= 15 is 0 Å². The molecule has 166 valence electrons. The van der Waals surface area contributed by atoms with Crippen LogP contribution in [0.5, 0.6) is 0 Å². The molecular formula is C23H20BrF3N4O. The average Bonchev–Trinajstić information content (AvgIpc) is 3.14. The fraction of sp³-hybridized carbons (Fsp3) is 0.304. The van der Waals surface area contributed by atoms with E-state index in [4.69, 9.17) is 0 Å². The molecule has 0 fully saturated rings. The SMILES string of the molecule is O=C(c1nn2c(c1Br)NC(c1ccccc1)CC2C(F)(F)F)N1CCCc2ccccc21. The second kappa shape index (κ2) is 7.95. The highest BCUT2D eigenvalue weighted by Crippen LogP contribution is 2.46. The highest BCUT2D eigenvalue weighted by molar-refractivity contribution is 9.10. The van der Waals surface area contributed by atoms with E-state index in [2.05, 4.69) is 26.3 Å². The van der Waals surface area contributed by atoms with Gasteiger partial charge in [0.2, 0.25) is 0 Å². The largest absolute Gasteiger partial charge is 0.410 e. The molecule has 0 radical (unpaired) electrons. The number of hydrogen-bond donors (Lipinski definition) is 1. The minimum atomic E-state index is -4.51. The second-order valence-corrected chi connectivity index (χ2v) is 8.84. The Morgan fingerprint density at radius 3 is 2.56 bits per heavy atom. The Kier molecular flexibility index (Phi) is 5.23. The third-order valence-electron chi connectivity index (χ3n) is 6.06. The number of aromatic nitrogens is 2. The topological polar surface area (TPSA) is 50.2 Å². The molecule has 32 heavy (non-hydrogen) atoms. The lowest BCUT2D eigenvalue weighted by Gasteiger charge is -2.33. The van der Waals surface area contributed by atoms with Crippen molar-refractivity contribution in [3.8, 4) is 0 Å². The third kappa shape index (κ3) is 3.58. The standard InChI is InChI=1S/C23H20BrF3N4O/c24-19-20(22(32)30-12-6-10-15-9-4-5-11-17(15)30)29-31-18(23(25,26)27)13-16(28-21(19)31)14-7-2-1-3-8-14/h1-5,7-9,11,16,18,28H,6,10,12-13H2. The van der Waals surface area contributed by atoms with Crippen molar-refractivity contribution in [1.82, 2.24) is 9.78 Å². The fourth-order valence-corrected chi connectivity index (χ4v) is 5.05. The molecule has 2 atom stereocenters. The number of nitrogens with zero attached hydrogens (tertiary/aromatic N) is 3. The number of hydrogen-bond acceptors (Lipinski definition) is 3. The van der Waals surface area contributed by atoms with Crippen LogP contribution in [0, 0.1) is 0 Å². The predicted octanol–water partition coefficient (Wildman–Crippen LogP) is 5.90. The molecule has 2 unspecified atom stereocenters. The first-order valence-electron chi connectivity index (χ1n) is 10.4. The van der Waals surface area contributed by atoms with Crippen LogP contribution < -0.4 is 10.2 Å². The van der Waals surface area contributed by atoms with Gasteiger partial charge in [-0.1, -0.05) is 48.5 Å². The van der Waals surface area contributed by atoms with Gasteiger partial charge in [0.05, 0.1) is 10.5 Å². The van der Waals surface area contributed by atoms with Gasteiger partial charge in [-0.25, -0.2) is 4.68 Å². The number of alkyl halides is 3. The lowest BCUT2D eigenvalue weighted by Crippen LogP contribution is -2.37. The van der Waals surface area contributed by atoms with Gasteiger partial charge in [0.25, 0.3) is 5.91 Å². The Morgan fingerprint density at radius 1 is 1.09 bits per heavy atom.